The number of aromatic nitrogens is 1. The third-order valence-corrected chi connectivity index (χ3v) is 3.51. The number of pyridine rings is 1. The molecule has 0 saturated carbocycles. The van der Waals surface area contributed by atoms with Crippen LogP contribution in [0, 0.1) is 0 Å². The summed E-state index contributed by atoms with van der Waals surface area (Å²) in [6, 6.07) is 4.41. The summed E-state index contributed by atoms with van der Waals surface area (Å²) in [5.74, 6) is 1.05. The van der Waals surface area contributed by atoms with Gasteiger partial charge in [0.25, 0.3) is 0 Å². The van der Waals surface area contributed by atoms with E-state index in [4.69, 9.17) is 11.6 Å². The van der Waals surface area contributed by atoms with Gasteiger partial charge >= 0.3 is 0 Å². The van der Waals surface area contributed by atoms with E-state index >= 15 is 0 Å². The number of hydrogen-bond donors (Lipinski definition) is 1. The highest BCUT2D eigenvalue weighted by atomic mass is 35.5. The molecule has 0 spiro atoms. The first-order chi connectivity index (χ1) is 7.26. The van der Waals surface area contributed by atoms with Gasteiger partial charge in [-0.25, -0.2) is 4.98 Å². The molecule has 1 atom stereocenters. The number of hydrogen-bond acceptors (Lipinski definition) is 3. The summed E-state index contributed by atoms with van der Waals surface area (Å²) in [6.45, 7) is 2.20. The van der Waals surface area contributed by atoms with E-state index in [1.54, 1.807) is 18.0 Å². The van der Waals surface area contributed by atoms with Crippen molar-refractivity contribution < 1.29 is 0 Å². The lowest BCUT2D eigenvalue weighted by Gasteiger charge is -2.13. The molecule has 1 unspecified atom stereocenters. The quantitative estimate of drug-likeness (QED) is 0.778. The highest BCUT2D eigenvalue weighted by molar-refractivity contribution is 7.99. The van der Waals surface area contributed by atoms with Crippen molar-refractivity contribution in [2.24, 2.45) is 0 Å². The zero-order valence-corrected chi connectivity index (χ0v) is 10.7. The lowest BCUT2D eigenvalue weighted by Crippen LogP contribution is -2.27. The number of nitrogens with one attached hydrogen (secondary N) is 1. The van der Waals surface area contributed by atoms with Gasteiger partial charge in [-0.2, -0.15) is 0 Å². The fourth-order valence-electron chi connectivity index (χ4n) is 1.29. The van der Waals surface area contributed by atoms with E-state index in [0.29, 0.717) is 11.1 Å². The van der Waals surface area contributed by atoms with Crippen molar-refractivity contribution >= 4 is 23.4 Å². The third kappa shape index (κ3) is 4.87. The van der Waals surface area contributed by atoms with E-state index < -0.39 is 0 Å². The van der Waals surface area contributed by atoms with Gasteiger partial charge in [-0.3, -0.25) is 0 Å². The lowest BCUT2D eigenvalue weighted by atomic mass is 10.2. The minimum Gasteiger partial charge on any atom is -0.316 e. The van der Waals surface area contributed by atoms with Crippen molar-refractivity contribution in [1.29, 1.82) is 0 Å². The maximum atomic E-state index is 5.77. The average molecular weight is 245 g/mol. The lowest BCUT2D eigenvalue weighted by molar-refractivity contribution is 0.564. The highest BCUT2D eigenvalue weighted by Crippen LogP contribution is 2.18. The van der Waals surface area contributed by atoms with Crippen molar-refractivity contribution in [1.82, 2.24) is 10.3 Å². The Balaban J connectivity index is 2.38. The zero-order valence-electron chi connectivity index (χ0n) is 9.16. The second kappa shape index (κ2) is 7.09. The Hall–Kier alpha value is -0.250. The van der Waals surface area contributed by atoms with Crippen molar-refractivity contribution in [2.45, 2.75) is 30.8 Å². The van der Waals surface area contributed by atoms with Crippen LogP contribution in [0.25, 0.3) is 0 Å². The van der Waals surface area contributed by atoms with Gasteiger partial charge in [-0.15, -0.1) is 11.8 Å². The first-order valence-electron chi connectivity index (χ1n) is 5.18. The van der Waals surface area contributed by atoms with Gasteiger partial charge < -0.3 is 5.32 Å². The molecule has 0 bridgehead atoms. The van der Waals surface area contributed by atoms with Crippen LogP contribution in [0.5, 0.6) is 0 Å². The van der Waals surface area contributed by atoms with Gasteiger partial charge in [0.1, 0.15) is 0 Å². The summed E-state index contributed by atoms with van der Waals surface area (Å²) < 4.78 is 0. The normalized spacial score (nSPS) is 12.7. The Labute approximate surface area is 101 Å². The van der Waals surface area contributed by atoms with Crippen LogP contribution in [0.2, 0.25) is 5.02 Å². The summed E-state index contributed by atoms with van der Waals surface area (Å²) >= 11 is 7.54. The summed E-state index contributed by atoms with van der Waals surface area (Å²) in [5.41, 5.74) is 0. The van der Waals surface area contributed by atoms with Gasteiger partial charge in [0.2, 0.25) is 0 Å². The Morgan fingerprint density at radius 3 is 2.87 bits per heavy atom. The minimum absolute atomic E-state index is 0.567. The number of rotatable bonds is 6. The molecule has 0 aromatic carbocycles. The first kappa shape index (κ1) is 12.8. The molecule has 4 heteroatoms. The van der Waals surface area contributed by atoms with E-state index in [0.717, 1.165) is 10.8 Å². The second-order valence-electron chi connectivity index (χ2n) is 3.40. The molecule has 0 aliphatic heterocycles. The van der Waals surface area contributed by atoms with E-state index in [-0.39, 0.29) is 0 Å². The molecule has 0 fully saturated rings. The van der Waals surface area contributed by atoms with Crippen LogP contribution in [-0.4, -0.2) is 23.8 Å². The number of halogens is 1. The standard InChI is InChI=1S/C11H17ClN2S/c1-3-4-10(13-2)8-15-11-6-5-9(12)7-14-11/h5-7,10,13H,3-4,8H2,1-2H3. The topological polar surface area (TPSA) is 24.9 Å². The molecular formula is C11H17ClN2S. The van der Waals surface area contributed by atoms with Gasteiger partial charge in [-0.05, 0) is 25.6 Å². The highest BCUT2D eigenvalue weighted by Gasteiger charge is 2.05. The maximum Gasteiger partial charge on any atom is 0.0961 e. The van der Waals surface area contributed by atoms with Crippen molar-refractivity contribution in [3.63, 3.8) is 0 Å². The summed E-state index contributed by atoms with van der Waals surface area (Å²) in [7, 11) is 2.01. The van der Waals surface area contributed by atoms with E-state index in [9.17, 15) is 0 Å². The second-order valence-corrected chi connectivity index (χ2v) is 4.88. The van der Waals surface area contributed by atoms with E-state index in [2.05, 4.69) is 17.2 Å². The SMILES string of the molecule is CCCC(CSc1ccc(Cl)cn1)NC. The Morgan fingerprint density at radius 2 is 2.33 bits per heavy atom. The Kier molecular flexibility index (Phi) is 6.06. The molecule has 0 aliphatic rings. The molecule has 0 amide bonds. The van der Waals surface area contributed by atoms with Crippen molar-refractivity contribution in [3.8, 4) is 0 Å². The molecule has 0 radical (unpaired) electrons. The van der Waals surface area contributed by atoms with Crippen LogP contribution >= 0.6 is 23.4 Å². The van der Waals surface area contributed by atoms with Gasteiger partial charge in [0.05, 0.1) is 10.0 Å². The predicted molar refractivity (Wildman–Crippen MR) is 67.7 cm³/mol. The van der Waals surface area contributed by atoms with Crippen LogP contribution in [0.3, 0.4) is 0 Å². The average Bonchev–Trinajstić information content (AvgIpc) is 2.26. The third-order valence-electron chi connectivity index (χ3n) is 2.18. The van der Waals surface area contributed by atoms with Crippen molar-refractivity contribution in [3.05, 3.63) is 23.4 Å². The minimum atomic E-state index is 0.567. The molecule has 15 heavy (non-hydrogen) atoms. The number of nitrogens with zero attached hydrogens (tertiary/aromatic N) is 1. The summed E-state index contributed by atoms with van der Waals surface area (Å²) in [6.07, 6.45) is 4.11. The van der Waals surface area contributed by atoms with Crippen LogP contribution in [0.15, 0.2) is 23.4 Å². The van der Waals surface area contributed by atoms with E-state index in [1.165, 1.54) is 12.8 Å². The van der Waals surface area contributed by atoms with Gasteiger partial charge in [-0.1, -0.05) is 24.9 Å². The van der Waals surface area contributed by atoms with Crippen molar-refractivity contribution in [2.75, 3.05) is 12.8 Å². The zero-order chi connectivity index (χ0) is 11.1. The summed E-state index contributed by atoms with van der Waals surface area (Å²) in [5, 5.41) is 5.04. The van der Waals surface area contributed by atoms with Crippen LogP contribution < -0.4 is 5.32 Å². The molecule has 84 valence electrons. The van der Waals surface area contributed by atoms with E-state index in [1.807, 2.05) is 19.2 Å². The molecule has 0 aliphatic carbocycles. The summed E-state index contributed by atoms with van der Waals surface area (Å²) in [4.78, 5) is 4.25. The van der Waals surface area contributed by atoms with Crippen LogP contribution in [-0.2, 0) is 0 Å². The Morgan fingerprint density at radius 1 is 1.53 bits per heavy atom. The first-order valence-corrected chi connectivity index (χ1v) is 6.54. The molecule has 1 aromatic rings. The van der Waals surface area contributed by atoms with Crippen LogP contribution in [0.1, 0.15) is 19.8 Å². The molecule has 1 aromatic heterocycles. The fourth-order valence-corrected chi connectivity index (χ4v) is 2.40. The largest absolute Gasteiger partial charge is 0.316 e. The smallest absolute Gasteiger partial charge is 0.0961 e. The fraction of sp³-hybridized carbons (Fsp3) is 0.545. The van der Waals surface area contributed by atoms with Gasteiger partial charge in [0.15, 0.2) is 0 Å². The molecule has 2 nitrogen and oxygen atoms in total. The van der Waals surface area contributed by atoms with Gasteiger partial charge in [0, 0.05) is 18.0 Å². The van der Waals surface area contributed by atoms with Crippen LogP contribution in [0.4, 0.5) is 0 Å². The molecule has 1 rings (SSSR count). The molecule has 1 N–H and O–H groups in total. The molecular weight excluding hydrogens is 228 g/mol. The predicted octanol–water partition coefficient (Wildman–Crippen LogP) is 3.22. The Bertz CT molecular complexity index is 276. The molecule has 1 heterocycles. The maximum absolute atomic E-state index is 5.77. The number of thioether (sulfide) groups is 1. The molecule has 0 saturated heterocycles. The monoisotopic (exact) mass is 244 g/mol.